The largest absolute Gasteiger partial charge is 0.314 e. The van der Waals surface area contributed by atoms with Crippen molar-refractivity contribution in [1.29, 1.82) is 0 Å². The molecular weight excluding hydrogens is 262 g/mol. The van der Waals surface area contributed by atoms with Crippen molar-refractivity contribution < 1.29 is 8.42 Å². The van der Waals surface area contributed by atoms with Crippen LogP contribution >= 0.6 is 0 Å². The van der Waals surface area contributed by atoms with Gasteiger partial charge in [0.25, 0.3) is 10.2 Å². The Bertz CT molecular complexity index is 404. The lowest BCUT2D eigenvalue weighted by molar-refractivity contribution is 0.257. The normalized spacial score (nSPS) is 29.6. The van der Waals surface area contributed by atoms with Gasteiger partial charge in [0.2, 0.25) is 0 Å². The molecule has 2 N–H and O–H groups in total. The lowest BCUT2D eigenvalue weighted by Crippen LogP contribution is -2.48. The number of nitrogens with zero attached hydrogens (tertiary/aromatic N) is 1. The first-order valence-electron chi connectivity index (χ1n) is 7.61. The monoisotopic (exact) mass is 287 g/mol. The summed E-state index contributed by atoms with van der Waals surface area (Å²) in [7, 11) is -3.24. The summed E-state index contributed by atoms with van der Waals surface area (Å²) in [4.78, 5) is 0. The van der Waals surface area contributed by atoms with Gasteiger partial charge in [0, 0.05) is 25.7 Å². The fourth-order valence-corrected chi connectivity index (χ4v) is 4.07. The first kappa shape index (κ1) is 13.8. The first-order chi connectivity index (χ1) is 9.13. The second-order valence-corrected chi connectivity index (χ2v) is 8.10. The smallest absolute Gasteiger partial charge is 0.279 e. The van der Waals surface area contributed by atoms with Crippen molar-refractivity contribution in [3.63, 3.8) is 0 Å². The van der Waals surface area contributed by atoms with Crippen molar-refractivity contribution in [2.75, 3.05) is 26.2 Å². The molecule has 6 heteroatoms. The molecule has 0 amide bonds. The Morgan fingerprint density at radius 2 is 1.79 bits per heavy atom. The molecule has 19 heavy (non-hydrogen) atoms. The summed E-state index contributed by atoms with van der Waals surface area (Å²) in [6.45, 7) is 2.96. The molecule has 110 valence electrons. The van der Waals surface area contributed by atoms with Gasteiger partial charge < -0.3 is 5.32 Å². The third-order valence-electron chi connectivity index (χ3n) is 4.35. The van der Waals surface area contributed by atoms with Gasteiger partial charge in [-0.15, -0.1) is 0 Å². The predicted octanol–water partition coefficient (Wildman–Crippen LogP) is 0.695. The maximum Gasteiger partial charge on any atom is 0.279 e. The zero-order valence-corrected chi connectivity index (χ0v) is 12.3. The predicted molar refractivity (Wildman–Crippen MR) is 75.0 cm³/mol. The molecule has 0 aromatic heterocycles. The first-order valence-corrected chi connectivity index (χ1v) is 9.05. The van der Waals surface area contributed by atoms with E-state index in [1.165, 1.54) is 25.7 Å². The van der Waals surface area contributed by atoms with Crippen LogP contribution in [-0.4, -0.2) is 44.9 Å². The van der Waals surface area contributed by atoms with Gasteiger partial charge in [-0.05, 0) is 56.9 Å². The summed E-state index contributed by atoms with van der Waals surface area (Å²) >= 11 is 0. The number of hydrogen-bond donors (Lipinski definition) is 2. The molecular formula is C13H25N3O2S. The highest BCUT2D eigenvalue weighted by atomic mass is 32.2. The highest BCUT2D eigenvalue weighted by Gasteiger charge is 2.31. The second kappa shape index (κ2) is 5.68. The van der Waals surface area contributed by atoms with Crippen molar-refractivity contribution in [2.45, 2.75) is 44.6 Å². The zero-order valence-electron chi connectivity index (χ0n) is 11.5. The molecule has 3 fully saturated rings. The van der Waals surface area contributed by atoms with Crippen molar-refractivity contribution >= 4 is 10.2 Å². The average molecular weight is 287 g/mol. The minimum absolute atomic E-state index is 0.479. The van der Waals surface area contributed by atoms with E-state index in [0.29, 0.717) is 37.5 Å². The van der Waals surface area contributed by atoms with Crippen LogP contribution in [0.15, 0.2) is 0 Å². The van der Waals surface area contributed by atoms with E-state index < -0.39 is 10.2 Å². The van der Waals surface area contributed by atoms with Crippen LogP contribution in [0.25, 0.3) is 0 Å². The Labute approximate surface area is 116 Å². The lowest BCUT2D eigenvalue weighted by Gasteiger charge is -2.32. The molecule has 0 aromatic rings. The van der Waals surface area contributed by atoms with Crippen LogP contribution in [0, 0.1) is 11.8 Å². The topological polar surface area (TPSA) is 61.4 Å². The molecule has 1 saturated heterocycles. The molecule has 3 aliphatic rings. The molecule has 0 aromatic carbocycles. The van der Waals surface area contributed by atoms with Crippen LogP contribution < -0.4 is 10.0 Å². The highest BCUT2D eigenvalue weighted by molar-refractivity contribution is 7.87. The Balaban J connectivity index is 1.47. The SMILES string of the molecule is O=S(=O)(NCC1CC1)N1CCCC(CNC2CC2)C1. The Morgan fingerprint density at radius 3 is 2.47 bits per heavy atom. The molecule has 0 bridgehead atoms. The summed E-state index contributed by atoms with van der Waals surface area (Å²) in [5, 5.41) is 3.52. The standard InChI is InChI=1S/C13H25N3O2S/c17-19(18,15-9-11-3-4-11)16-7-1-2-12(10-16)8-14-13-5-6-13/h11-15H,1-10H2. The van der Waals surface area contributed by atoms with E-state index in [1.807, 2.05) is 0 Å². The van der Waals surface area contributed by atoms with Gasteiger partial charge in [0.1, 0.15) is 0 Å². The van der Waals surface area contributed by atoms with Crippen LogP contribution in [0.5, 0.6) is 0 Å². The van der Waals surface area contributed by atoms with E-state index >= 15 is 0 Å². The molecule has 1 unspecified atom stereocenters. The van der Waals surface area contributed by atoms with E-state index in [9.17, 15) is 8.42 Å². The van der Waals surface area contributed by atoms with Crippen molar-refractivity contribution in [1.82, 2.24) is 14.3 Å². The van der Waals surface area contributed by atoms with E-state index in [1.54, 1.807) is 4.31 Å². The summed E-state index contributed by atoms with van der Waals surface area (Å²) in [5.41, 5.74) is 0. The van der Waals surface area contributed by atoms with Crippen LogP contribution in [0.3, 0.4) is 0 Å². The molecule has 1 heterocycles. The molecule has 3 rings (SSSR count). The minimum atomic E-state index is -3.24. The maximum atomic E-state index is 12.2. The quantitative estimate of drug-likeness (QED) is 0.724. The van der Waals surface area contributed by atoms with Gasteiger partial charge in [-0.2, -0.15) is 12.7 Å². The van der Waals surface area contributed by atoms with Gasteiger partial charge in [0.05, 0.1) is 0 Å². The van der Waals surface area contributed by atoms with Gasteiger partial charge in [-0.3, -0.25) is 0 Å². The minimum Gasteiger partial charge on any atom is -0.314 e. The third kappa shape index (κ3) is 4.15. The summed E-state index contributed by atoms with van der Waals surface area (Å²) in [5.74, 6) is 1.07. The van der Waals surface area contributed by atoms with Crippen molar-refractivity contribution in [3.8, 4) is 0 Å². The van der Waals surface area contributed by atoms with Crippen molar-refractivity contribution in [2.24, 2.45) is 11.8 Å². The zero-order chi connectivity index (χ0) is 13.3. The summed E-state index contributed by atoms with van der Waals surface area (Å²) in [6.07, 6.45) is 7.07. The van der Waals surface area contributed by atoms with Crippen LogP contribution in [0.4, 0.5) is 0 Å². The van der Waals surface area contributed by atoms with Gasteiger partial charge in [-0.1, -0.05) is 0 Å². The van der Waals surface area contributed by atoms with Gasteiger partial charge in [0.15, 0.2) is 0 Å². The Kier molecular flexibility index (Phi) is 4.12. The van der Waals surface area contributed by atoms with Gasteiger partial charge in [-0.25, -0.2) is 4.72 Å². The number of hydrogen-bond acceptors (Lipinski definition) is 3. The Hall–Kier alpha value is -0.170. The molecule has 0 radical (unpaired) electrons. The van der Waals surface area contributed by atoms with Crippen LogP contribution in [-0.2, 0) is 10.2 Å². The molecule has 5 nitrogen and oxygen atoms in total. The molecule has 1 atom stereocenters. The fraction of sp³-hybridized carbons (Fsp3) is 1.00. The molecule has 0 spiro atoms. The average Bonchev–Trinajstić information content (AvgIpc) is 3.29. The molecule has 2 saturated carbocycles. The lowest BCUT2D eigenvalue weighted by atomic mass is 10.00. The number of nitrogens with one attached hydrogen (secondary N) is 2. The number of piperidine rings is 1. The molecule has 1 aliphatic heterocycles. The van der Waals surface area contributed by atoms with E-state index in [-0.39, 0.29) is 0 Å². The van der Waals surface area contributed by atoms with Crippen LogP contribution in [0.1, 0.15) is 38.5 Å². The fourth-order valence-electron chi connectivity index (χ4n) is 2.67. The number of rotatable bonds is 7. The van der Waals surface area contributed by atoms with Crippen molar-refractivity contribution in [3.05, 3.63) is 0 Å². The third-order valence-corrected chi connectivity index (χ3v) is 5.89. The highest BCUT2D eigenvalue weighted by Crippen LogP contribution is 2.28. The summed E-state index contributed by atoms with van der Waals surface area (Å²) in [6, 6.07) is 0.708. The van der Waals surface area contributed by atoms with Crippen LogP contribution in [0.2, 0.25) is 0 Å². The van der Waals surface area contributed by atoms with E-state index in [2.05, 4.69) is 10.0 Å². The maximum absolute atomic E-state index is 12.2. The summed E-state index contributed by atoms with van der Waals surface area (Å²) < 4.78 is 28.8. The molecule has 2 aliphatic carbocycles. The second-order valence-electron chi connectivity index (χ2n) is 6.35. The Morgan fingerprint density at radius 1 is 1.00 bits per heavy atom. The van der Waals surface area contributed by atoms with E-state index in [4.69, 9.17) is 0 Å². The van der Waals surface area contributed by atoms with E-state index in [0.717, 1.165) is 19.4 Å². The van der Waals surface area contributed by atoms with Gasteiger partial charge >= 0.3 is 0 Å².